The van der Waals surface area contributed by atoms with Crippen LogP contribution in [0.2, 0.25) is 0 Å². The number of ether oxygens (including phenoxy) is 2. The minimum atomic E-state index is -0.934. The lowest BCUT2D eigenvalue weighted by atomic mass is 9.96. The van der Waals surface area contributed by atoms with E-state index >= 15 is 0 Å². The van der Waals surface area contributed by atoms with Gasteiger partial charge < -0.3 is 9.47 Å². The van der Waals surface area contributed by atoms with Crippen molar-refractivity contribution in [1.29, 1.82) is 0 Å². The molecule has 5 heteroatoms. The van der Waals surface area contributed by atoms with Crippen LogP contribution in [0.25, 0.3) is 0 Å². The predicted octanol–water partition coefficient (Wildman–Crippen LogP) is 1.15. The van der Waals surface area contributed by atoms with Gasteiger partial charge in [0.25, 0.3) is 0 Å². The summed E-state index contributed by atoms with van der Waals surface area (Å²) < 4.78 is 22.1. The van der Waals surface area contributed by atoms with Gasteiger partial charge in [-0.15, -0.1) is 0 Å². The zero-order chi connectivity index (χ0) is 10.6. The van der Waals surface area contributed by atoms with Crippen LogP contribution >= 0.6 is 0 Å². The van der Waals surface area contributed by atoms with Crippen LogP contribution in [0.3, 0.4) is 0 Å². The fraction of sp³-hybridized carbons (Fsp3) is 0.222. The van der Waals surface area contributed by atoms with Crippen molar-refractivity contribution in [1.82, 2.24) is 0 Å². The maximum atomic E-state index is 13.0. The molecule has 1 rings (SSSR count). The van der Waals surface area contributed by atoms with Crippen LogP contribution in [0.4, 0.5) is 9.18 Å². The molecule has 14 heavy (non-hydrogen) atoms. The van der Waals surface area contributed by atoms with Crippen molar-refractivity contribution in [3.63, 3.8) is 0 Å². The number of hydrogen-bond donors (Lipinski definition) is 0. The molecular weight excluding hydrogens is 186 g/mol. The Morgan fingerprint density at radius 1 is 1.57 bits per heavy atom. The average molecular weight is 194 g/mol. The second kappa shape index (κ2) is 4.65. The van der Waals surface area contributed by atoms with Gasteiger partial charge in [0.2, 0.25) is 0 Å². The van der Waals surface area contributed by atoms with Crippen molar-refractivity contribution < 1.29 is 18.7 Å². The van der Waals surface area contributed by atoms with Gasteiger partial charge in [-0.1, -0.05) is 11.5 Å². The molecule has 2 radical (unpaired) electrons. The monoisotopic (exact) mass is 194 g/mol. The molecule has 0 atom stereocenters. The summed E-state index contributed by atoms with van der Waals surface area (Å²) in [4.78, 5) is 10.8. The topological polar surface area (TPSA) is 35.5 Å². The summed E-state index contributed by atoms with van der Waals surface area (Å²) in [5.74, 6) is -0.893. The van der Waals surface area contributed by atoms with E-state index in [4.69, 9.17) is 7.85 Å². The Kier molecular flexibility index (Phi) is 3.51. The van der Waals surface area contributed by atoms with Gasteiger partial charge in [-0.2, -0.15) is 0 Å². The predicted molar refractivity (Wildman–Crippen MR) is 49.4 cm³/mol. The first-order valence-corrected chi connectivity index (χ1v) is 4.03. The summed E-state index contributed by atoms with van der Waals surface area (Å²) in [6, 6.07) is 3.76. The van der Waals surface area contributed by atoms with Crippen molar-refractivity contribution in [2.75, 3.05) is 6.61 Å². The van der Waals surface area contributed by atoms with Crippen LogP contribution in [-0.2, 0) is 4.74 Å². The second-order valence-corrected chi connectivity index (χ2v) is 2.47. The standard InChI is InChI=1S/C9H8BFO3/c1-2-13-9(12)14-8-4-3-6(10)5-7(8)11/h3-5H,2H2,1H3. The Balaban J connectivity index is 2.72. The average Bonchev–Trinajstić information content (AvgIpc) is 2.10. The zero-order valence-electron chi connectivity index (χ0n) is 7.62. The molecule has 0 fully saturated rings. The Labute approximate surface area is 82.2 Å². The van der Waals surface area contributed by atoms with Gasteiger partial charge in [0.15, 0.2) is 11.6 Å². The molecule has 0 heterocycles. The van der Waals surface area contributed by atoms with Gasteiger partial charge in [0.1, 0.15) is 7.85 Å². The van der Waals surface area contributed by atoms with Crippen molar-refractivity contribution in [2.45, 2.75) is 6.92 Å². The van der Waals surface area contributed by atoms with Gasteiger partial charge >= 0.3 is 6.16 Å². The van der Waals surface area contributed by atoms with E-state index in [9.17, 15) is 9.18 Å². The summed E-state index contributed by atoms with van der Waals surface area (Å²) in [6.07, 6.45) is -0.934. The lowest BCUT2D eigenvalue weighted by molar-refractivity contribution is 0.103. The molecule has 0 saturated heterocycles. The molecule has 0 aliphatic rings. The Morgan fingerprint density at radius 2 is 2.29 bits per heavy atom. The third kappa shape index (κ3) is 2.76. The van der Waals surface area contributed by atoms with Crippen molar-refractivity contribution >= 4 is 19.5 Å². The third-order valence-corrected chi connectivity index (χ3v) is 1.41. The van der Waals surface area contributed by atoms with E-state index in [0.717, 1.165) is 6.07 Å². The molecule has 0 aromatic heterocycles. The molecule has 0 amide bonds. The van der Waals surface area contributed by atoms with Crippen LogP contribution < -0.4 is 10.2 Å². The van der Waals surface area contributed by atoms with E-state index in [-0.39, 0.29) is 17.8 Å². The first-order valence-electron chi connectivity index (χ1n) is 4.03. The van der Waals surface area contributed by atoms with Crippen LogP contribution in [0, 0.1) is 5.82 Å². The van der Waals surface area contributed by atoms with E-state index in [2.05, 4.69) is 9.47 Å². The number of hydrogen-bond acceptors (Lipinski definition) is 3. The fourth-order valence-electron chi connectivity index (χ4n) is 0.837. The van der Waals surface area contributed by atoms with Crippen LogP contribution in [-0.4, -0.2) is 20.6 Å². The molecule has 0 N–H and O–H groups in total. The van der Waals surface area contributed by atoms with Crippen LogP contribution in [0.1, 0.15) is 6.92 Å². The van der Waals surface area contributed by atoms with E-state index in [0.29, 0.717) is 0 Å². The summed E-state index contributed by atoms with van der Waals surface area (Å²) in [5.41, 5.74) is 0.263. The number of carbonyl (C=O) groups excluding carboxylic acids is 1. The number of halogens is 1. The molecule has 1 aromatic carbocycles. The number of rotatable bonds is 2. The van der Waals surface area contributed by atoms with Gasteiger partial charge in [-0.25, -0.2) is 9.18 Å². The van der Waals surface area contributed by atoms with Gasteiger partial charge in [0, 0.05) is 0 Å². The lowest BCUT2D eigenvalue weighted by Gasteiger charge is -2.05. The first-order chi connectivity index (χ1) is 6.63. The maximum absolute atomic E-state index is 13.0. The molecule has 0 bridgehead atoms. The molecule has 3 nitrogen and oxygen atoms in total. The molecule has 0 aliphatic heterocycles. The van der Waals surface area contributed by atoms with Crippen LogP contribution in [0.5, 0.6) is 5.75 Å². The van der Waals surface area contributed by atoms with E-state index < -0.39 is 12.0 Å². The van der Waals surface area contributed by atoms with Gasteiger partial charge in [-0.3, -0.25) is 0 Å². The fourth-order valence-corrected chi connectivity index (χ4v) is 0.837. The summed E-state index contributed by atoms with van der Waals surface area (Å²) in [5, 5.41) is 0. The quantitative estimate of drug-likeness (QED) is 0.402. The summed E-state index contributed by atoms with van der Waals surface area (Å²) in [7, 11) is 5.31. The minimum absolute atomic E-state index is 0.176. The van der Waals surface area contributed by atoms with Gasteiger partial charge in [-0.05, 0) is 19.1 Å². The SMILES string of the molecule is [B]c1ccc(OC(=O)OCC)c(F)c1. The van der Waals surface area contributed by atoms with Crippen molar-refractivity contribution in [3.8, 4) is 5.75 Å². The molecule has 0 aliphatic carbocycles. The molecular formula is C9H8BFO3. The third-order valence-electron chi connectivity index (χ3n) is 1.41. The second-order valence-electron chi connectivity index (χ2n) is 2.47. The summed E-state index contributed by atoms with van der Waals surface area (Å²) >= 11 is 0. The normalized spacial score (nSPS) is 9.57. The molecule has 1 aromatic rings. The largest absolute Gasteiger partial charge is 0.513 e. The van der Waals surface area contributed by atoms with Crippen molar-refractivity contribution in [3.05, 3.63) is 24.0 Å². The highest BCUT2D eigenvalue weighted by atomic mass is 19.1. The summed E-state index contributed by atoms with van der Waals surface area (Å²) in [6.45, 7) is 1.80. The lowest BCUT2D eigenvalue weighted by Crippen LogP contribution is -2.12. The van der Waals surface area contributed by atoms with Crippen LogP contribution in [0.15, 0.2) is 18.2 Å². The first kappa shape index (κ1) is 10.6. The van der Waals surface area contributed by atoms with Gasteiger partial charge in [0.05, 0.1) is 6.61 Å². The highest BCUT2D eigenvalue weighted by Crippen LogP contribution is 2.14. The smallest absolute Gasteiger partial charge is 0.434 e. The van der Waals surface area contributed by atoms with E-state index in [1.807, 2.05) is 0 Å². The number of carbonyl (C=O) groups is 1. The Bertz CT molecular complexity index is 341. The Morgan fingerprint density at radius 3 is 2.86 bits per heavy atom. The molecule has 72 valence electrons. The van der Waals surface area contributed by atoms with E-state index in [1.165, 1.54) is 12.1 Å². The zero-order valence-corrected chi connectivity index (χ0v) is 7.62. The number of benzene rings is 1. The van der Waals surface area contributed by atoms with E-state index in [1.54, 1.807) is 6.92 Å². The molecule has 0 saturated carbocycles. The minimum Gasteiger partial charge on any atom is -0.434 e. The molecule has 0 unspecified atom stereocenters. The highest BCUT2D eigenvalue weighted by Gasteiger charge is 2.09. The highest BCUT2D eigenvalue weighted by molar-refractivity contribution is 6.32. The molecule has 0 spiro atoms. The maximum Gasteiger partial charge on any atom is 0.513 e. The Hall–Kier alpha value is -1.52. The van der Waals surface area contributed by atoms with Crippen molar-refractivity contribution in [2.24, 2.45) is 0 Å².